The molecule has 110 valence electrons. The van der Waals surface area contributed by atoms with E-state index in [2.05, 4.69) is 5.32 Å². The number of fused-ring (bicyclic) bond motifs is 1. The summed E-state index contributed by atoms with van der Waals surface area (Å²) in [5, 5.41) is 2.78. The fourth-order valence-corrected chi connectivity index (χ4v) is 1.90. The summed E-state index contributed by atoms with van der Waals surface area (Å²) >= 11 is 0. The molecule has 1 aromatic rings. The average molecular weight is 280 g/mol. The van der Waals surface area contributed by atoms with Crippen molar-refractivity contribution < 1.29 is 19.0 Å². The molecule has 0 aromatic heterocycles. The first-order valence-electron chi connectivity index (χ1n) is 6.77. The van der Waals surface area contributed by atoms with Gasteiger partial charge in [-0.2, -0.15) is 0 Å². The van der Waals surface area contributed by atoms with Crippen molar-refractivity contribution in [1.29, 1.82) is 0 Å². The first-order valence-corrected chi connectivity index (χ1v) is 6.77. The lowest BCUT2D eigenvalue weighted by atomic mass is 10.2. The molecule has 0 saturated carbocycles. The second kappa shape index (κ2) is 7.00. The van der Waals surface area contributed by atoms with Crippen molar-refractivity contribution in [3.8, 4) is 11.5 Å². The first-order chi connectivity index (χ1) is 9.70. The Morgan fingerprint density at radius 3 is 2.75 bits per heavy atom. The van der Waals surface area contributed by atoms with Gasteiger partial charge in [-0.3, -0.25) is 4.79 Å². The van der Waals surface area contributed by atoms with E-state index in [1.165, 1.54) is 0 Å². The summed E-state index contributed by atoms with van der Waals surface area (Å²) in [6.07, 6.45) is 1.08. The standard InChI is InChI=1S/C14H20N2O4/c1-2-18-5-3-4-14(17)16-11-9-13-12(8-10(11)15)19-6-7-20-13/h8-9H,2-7,15H2,1H3,(H,16,17). The number of nitrogen functional groups attached to an aromatic ring is 1. The summed E-state index contributed by atoms with van der Waals surface area (Å²) in [6, 6.07) is 3.37. The molecule has 3 N–H and O–H groups in total. The van der Waals surface area contributed by atoms with E-state index in [0.717, 1.165) is 0 Å². The Kier molecular flexibility index (Phi) is 5.06. The van der Waals surface area contributed by atoms with Gasteiger partial charge in [0.25, 0.3) is 0 Å². The number of anilines is 2. The fraction of sp³-hybridized carbons (Fsp3) is 0.500. The van der Waals surface area contributed by atoms with Gasteiger partial charge in [-0.05, 0) is 13.3 Å². The molecular formula is C14H20N2O4. The quantitative estimate of drug-likeness (QED) is 0.613. The molecule has 0 radical (unpaired) electrons. The lowest BCUT2D eigenvalue weighted by molar-refractivity contribution is -0.116. The third kappa shape index (κ3) is 3.77. The number of ether oxygens (including phenoxy) is 3. The number of nitrogens with one attached hydrogen (secondary N) is 1. The van der Waals surface area contributed by atoms with E-state index in [1.807, 2.05) is 6.92 Å². The minimum atomic E-state index is -0.0897. The minimum absolute atomic E-state index is 0.0897. The van der Waals surface area contributed by atoms with Gasteiger partial charge in [-0.1, -0.05) is 0 Å². The number of carbonyl (C=O) groups is 1. The number of hydrogen-bond donors (Lipinski definition) is 2. The van der Waals surface area contributed by atoms with Gasteiger partial charge in [0, 0.05) is 31.8 Å². The largest absolute Gasteiger partial charge is 0.486 e. The number of rotatable bonds is 6. The zero-order valence-electron chi connectivity index (χ0n) is 11.6. The molecule has 1 aromatic carbocycles. The highest BCUT2D eigenvalue weighted by Gasteiger charge is 2.15. The zero-order valence-corrected chi connectivity index (χ0v) is 11.6. The first kappa shape index (κ1) is 14.5. The fourth-order valence-electron chi connectivity index (χ4n) is 1.90. The highest BCUT2D eigenvalue weighted by atomic mass is 16.6. The normalized spacial score (nSPS) is 13.1. The van der Waals surface area contributed by atoms with E-state index in [-0.39, 0.29) is 5.91 Å². The molecule has 6 nitrogen and oxygen atoms in total. The van der Waals surface area contributed by atoms with Crippen molar-refractivity contribution in [3.05, 3.63) is 12.1 Å². The van der Waals surface area contributed by atoms with Gasteiger partial charge in [0.05, 0.1) is 11.4 Å². The summed E-state index contributed by atoms with van der Waals surface area (Å²) in [5.74, 6) is 1.13. The lowest BCUT2D eigenvalue weighted by Crippen LogP contribution is -2.17. The Balaban J connectivity index is 1.93. The van der Waals surface area contributed by atoms with Crippen molar-refractivity contribution in [2.24, 2.45) is 0 Å². The van der Waals surface area contributed by atoms with Crippen molar-refractivity contribution in [2.75, 3.05) is 37.5 Å². The zero-order chi connectivity index (χ0) is 14.4. The Morgan fingerprint density at radius 2 is 2.05 bits per heavy atom. The predicted molar refractivity (Wildman–Crippen MR) is 76.2 cm³/mol. The van der Waals surface area contributed by atoms with Crippen LogP contribution in [0.5, 0.6) is 11.5 Å². The molecule has 20 heavy (non-hydrogen) atoms. The van der Waals surface area contributed by atoms with Crippen LogP contribution in [0.25, 0.3) is 0 Å². The van der Waals surface area contributed by atoms with Gasteiger partial charge in [-0.25, -0.2) is 0 Å². The van der Waals surface area contributed by atoms with Crippen LogP contribution in [0.1, 0.15) is 19.8 Å². The summed E-state index contributed by atoms with van der Waals surface area (Å²) in [5.41, 5.74) is 6.91. The molecule has 2 rings (SSSR count). The summed E-state index contributed by atoms with van der Waals surface area (Å²) < 4.78 is 16.1. The molecule has 0 aliphatic carbocycles. The Morgan fingerprint density at radius 1 is 1.35 bits per heavy atom. The van der Waals surface area contributed by atoms with Crippen LogP contribution in [0.3, 0.4) is 0 Å². The number of amides is 1. The van der Waals surface area contributed by atoms with Crippen LogP contribution < -0.4 is 20.5 Å². The third-order valence-corrected chi connectivity index (χ3v) is 2.89. The predicted octanol–water partition coefficient (Wildman–Crippen LogP) is 1.80. The van der Waals surface area contributed by atoms with E-state index in [4.69, 9.17) is 19.9 Å². The summed E-state index contributed by atoms with van der Waals surface area (Å²) in [6.45, 7) is 4.18. The molecule has 6 heteroatoms. The van der Waals surface area contributed by atoms with Gasteiger partial charge in [0.1, 0.15) is 13.2 Å². The Labute approximate surface area is 118 Å². The van der Waals surface area contributed by atoms with Crippen LogP contribution in [0.2, 0.25) is 0 Å². The van der Waals surface area contributed by atoms with E-state index in [9.17, 15) is 4.79 Å². The molecule has 0 saturated heterocycles. The molecule has 1 aliphatic heterocycles. The second-order valence-electron chi connectivity index (χ2n) is 4.43. The van der Waals surface area contributed by atoms with Crippen LogP contribution in [-0.2, 0) is 9.53 Å². The second-order valence-corrected chi connectivity index (χ2v) is 4.43. The number of hydrogen-bond acceptors (Lipinski definition) is 5. The van der Waals surface area contributed by atoms with Gasteiger partial charge < -0.3 is 25.3 Å². The maximum Gasteiger partial charge on any atom is 0.224 e. The number of carbonyl (C=O) groups excluding carboxylic acids is 1. The Bertz CT molecular complexity index is 476. The highest BCUT2D eigenvalue weighted by molar-refractivity contribution is 5.94. The van der Waals surface area contributed by atoms with Crippen molar-refractivity contribution in [2.45, 2.75) is 19.8 Å². The summed E-state index contributed by atoms with van der Waals surface area (Å²) in [4.78, 5) is 11.8. The molecule has 1 amide bonds. The maximum absolute atomic E-state index is 11.8. The van der Waals surface area contributed by atoms with E-state index in [1.54, 1.807) is 12.1 Å². The van der Waals surface area contributed by atoms with E-state index in [0.29, 0.717) is 62.1 Å². The van der Waals surface area contributed by atoms with Crippen molar-refractivity contribution in [1.82, 2.24) is 0 Å². The Hall–Kier alpha value is -1.95. The molecule has 0 fully saturated rings. The molecule has 0 atom stereocenters. The van der Waals surface area contributed by atoms with Crippen LogP contribution in [0.15, 0.2) is 12.1 Å². The average Bonchev–Trinajstić information content (AvgIpc) is 2.44. The molecular weight excluding hydrogens is 260 g/mol. The van der Waals surface area contributed by atoms with Gasteiger partial charge in [0.2, 0.25) is 5.91 Å². The number of nitrogens with two attached hydrogens (primary N) is 1. The SMILES string of the molecule is CCOCCCC(=O)Nc1cc2c(cc1N)OCCO2. The minimum Gasteiger partial charge on any atom is -0.486 e. The molecule has 0 unspecified atom stereocenters. The molecule has 1 heterocycles. The summed E-state index contributed by atoms with van der Waals surface area (Å²) in [7, 11) is 0. The maximum atomic E-state index is 11.8. The van der Waals surface area contributed by atoms with Crippen LogP contribution >= 0.6 is 0 Å². The van der Waals surface area contributed by atoms with Crippen LogP contribution in [0, 0.1) is 0 Å². The third-order valence-electron chi connectivity index (χ3n) is 2.89. The van der Waals surface area contributed by atoms with Crippen LogP contribution in [0.4, 0.5) is 11.4 Å². The van der Waals surface area contributed by atoms with Gasteiger partial charge in [0.15, 0.2) is 11.5 Å². The van der Waals surface area contributed by atoms with E-state index >= 15 is 0 Å². The molecule has 0 spiro atoms. The van der Waals surface area contributed by atoms with Crippen LogP contribution in [-0.4, -0.2) is 32.3 Å². The van der Waals surface area contributed by atoms with Crippen molar-refractivity contribution in [3.63, 3.8) is 0 Å². The van der Waals surface area contributed by atoms with Gasteiger partial charge in [-0.15, -0.1) is 0 Å². The number of benzene rings is 1. The highest BCUT2D eigenvalue weighted by Crippen LogP contribution is 2.36. The molecule has 1 aliphatic rings. The van der Waals surface area contributed by atoms with Gasteiger partial charge >= 0.3 is 0 Å². The smallest absolute Gasteiger partial charge is 0.224 e. The lowest BCUT2D eigenvalue weighted by Gasteiger charge is -2.20. The van der Waals surface area contributed by atoms with Crippen molar-refractivity contribution >= 4 is 17.3 Å². The molecule has 0 bridgehead atoms. The van der Waals surface area contributed by atoms with E-state index < -0.39 is 0 Å². The topological polar surface area (TPSA) is 82.8 Å². The monoisotopic (exact) mass is 280 g/mol.